The third-order valence-electron chi connectivity index (χ3n) is 2.44. The zero-order chi connectivity index (χ0) is 15.5. The van der Waals surface area contributed by atoms with Gasteiger partial charge in [-0.2, -0.15) is 0 Å². The highest BCUT2D eigenvalue weighted by Gasteiger charge is 2.35. The lowest BCUT2D eigenvalue weighted by atomic mass is 9.99. The van der Waals surface area contributed by atoms with Crippen LogP contribution in [0.4, 0.5) is 18.9 Å². The molecule has 1 N–H and O–H groups in total. The fourth-order valence-electron chi connectivity index (χ4n) is 1.56. The number of nitro groups is 1. The van der Waals surface area contributed by atoms with E-state index in [9.17, 15) is 28.1 Å². The molecule has 0 aliphatic carbocycles. The SMILES string of the molecule is C[C@@H](Cc1cccc(OC(F)(F)F)c1[N+](=O)[O-])C(=O)O. The standard InChI is InChI=1S/C11H10F3NO5/c1-6(10(16)17)5-7-3-2-4-8(9(7)15(18)19)20-11(12,13)14/h2-4,6H,5H2,1H3,(H,16,17)/t6-/m0/s1. The normalized spacial score (nSPS) is 12.8. The van der Waals surface area contributed by atoms with Crippen LogP contribution in [0.25, 0.3) is 0 Å². The molecule has 9 heteroatoms. The third kappa shape index (κ3) is 4.11. The number of benzene rings is 1. The number of carboxylic acids is 1. The quantitative estimate of drug-likeness (QED) is 0.666. The van der Waals surface area contributed by atoms with Crippen LogP contribution < -0.4 is 4.74 Å². The predicted octanol–water partition coefficient (Wildman–Crippen LogP) is 2.76. The van der Waals surface area contributed by atoms with Crippen LogP contribution in [-0.2, 0) is 11.2 Å². The van der Waals surface area contributed by atoms with Crippen LogP contribution in [0, 0.1) is 16.0 Å². The number of hydrogen-bond acceptors (Lipinski definition) is 4. The Bertz CT molecular complexity index is 529. The Labute approximate surface area is 110 Å². The first-order chi connectivity index (χ1) is 9.11. The summed E-state index contributed by atoms with van der Waals surface area (Å²) in [5.41, 5.74) is -1.01. The van der Waals surface area contributed by atoms with Gasteiger partial charge in [0.25, 0.3) is 0 Å². The second-order valence-corrected chi connectivity index (χ2v) is 4.01. The highest BCUT2D eigenvalue weighted by molar-refractivity contribution is 5.70. The first-order valence-corrected chi connectivity index (χ1v) is 5.36. The van der Waals surface area contributed by atoms with Gasteiger partial charge in [-0.25, -0.2) is 0 Å². The number of nitrogens with zero attached hydrogens (tertiary/aromatic N) is 1. The van der Waals surface area contributed by atoms with Gasteiger partial charge in [0.05, 0.1) is 10.8 Å². The second-order valence-electron chi connectivity index (χ2n) is 4.01. The second kappa shape index (κ2) is 5.76. The number of carboxylic acid groups (broad SMARTS) is 1. The van der Waals surface area contributed by atoms with E-state index in [-0.39, 0.29) is 12.0 Å². The van der Waals surface area contributed by atoms with Crippen molar-refractivity contribution in [2.75, 3.05) is 0 Å². The van der Waals surface area contributed by atoms with E-state index in [1.807, 2.05) is 0 Å². The summed E-state index contributed by atoms with van der Waals surface area (Å²) in [6.45, 7) is 1.29. The molecule has 110 valence electrons. The van der Waals surface area contributed by atoms with Gasteiger partial charge < -0.3 is 9.84 Å². The Morgan fingerprint density at radius 3 is 2.55 bits per heavy atom. The van der Waals surface area contributed by atoms with Crippen LogP contribution >= 0.6 is 0 Å². The fourth-order valence-corrected chi connectivity index (χ4v) is 1.56. The Balaban J connectivity index is 3.21. The minimum atomic E-state index is -5.07. The molecule has 0 saturated carbocycles. The summed E-state index contributed by atoms with van der Waals surface area (Å²) < 4.78 is 40.1. The first kappa shape index (κ1) is 15.7. The van der Waals surface area contributed by atoms with Crippen molar-refractivity contribution in [3.05, 3.63) is 33.9 Å². The van der Waals surface area contributed by atoms with Crippen molar-refractivity contribution in [1.29, 1.82) is 0 Å². The smallest absolute Gasteiger partial charge is 0.481 e. The van der Waals surface area contributed by atoms with Gasteiger partial charge in [0, 0.05) is 5.56 Å². The molecule has 1 rings (SSSR count). The topological polar surface area (TPSA) is 89.7 Å². The highest BCUT2D eigenvalue weighted by Crippen LogP contribution is 2.35. The number of nitro benzene ring substituents is 1. The van der Waals surface area contributed by atoms with E-state index in [1.165, 1.54) is 13.0 Å². The van der Waals surface area contributed by atoms with Gasteiger partial charge in [0.2, 0.25) is 5.75 Å². The molecule has 0 amide bonds. The maximum atomic E-state index is 12.2. The van der Waals surface area contributed by atoms with Gasteiger partial charge in [-0.15, -0.1) is 13.2 Å². The Kier molecular flexibility index (Phi) is 4.53. The third-order valence-corrected chi connectivity index (χ3v) is 2.44. The number of para-hydroxylation sites is 1. The minimum absolute atomic E-state index is 0.133. The van der Waals surface area contributed by atoms with Crippen molar-refractivity contribution in [3.63, 3.8) is 0 Å². The minimum Gasteiger partial charge on any atom is -0.481 e. The Morgan fingerprint density at radius 2 is 2.10 bits per heavy atom. The zero-order valence-electron chi connectivity index (χ0n) is 10.2. The number of hydrogen-bond donors (Lipinski definition) is 1. The molecule has 0 aromatic heterocycles. The molecule has 1 aromatic rings. The average molecular weight is 293 g/mol. The van der Waals surface area contributed by atoms with E-state index in [0.29, 0.717) is 0 Å². The largest absolute Gasteiger partial charge is 0.573 e. The van der Waals surface area contributed by atoms with E-state index in [4.69, 9.17) is 5.11 Å². The van der Waals surface area contributed by atoms with Crippen LogP contribution in [0.5, 0.6) is 5.75 Å². The summed E-state index contributed by atoms with van der Waals surface area (Å²) in [5.74, 6) is -3.14. The summed E-state index contributed by atoms with van der Waals surface area (Å²) in [7, 11) is 0. The fraction of sp³-hybridized carbons (Fsp3) is 0.364. The lowest BCUT2D eigenvalue weighted by Gasteiger charge is -2.12. The lowest BCUT2D eigenvalue weighted by molar-refractivity contribution is -0.389. The summed E-state index contributed by atoms with van der Waals surface area (Å²) in [6, 6.07) is 3.14. The molecule has 0 unspecified atom stereocenters. The molecular formula is C11H10F3NO5. The predicted molar refractivity (Wildman–Crippen MR) is 60.3 cm³/mol. The molecule has 1 atom stereocenters. The van der Waals surface area contributed by atoms with Crippen molar-refractivity contribution in [3.8, 4) is 5.75 Å². The Hall–Kier alpha value is -2.32. The monoisotopic (exact) mass is 293 g/mol. The van der Waals surface area contributed by atoms with Gasteiger partial charge in [0.1, 0.15) is 0 Å². The van der Waals surface area contributed by atoms with E-state index >= 15 is 0 Å². The Morgan fingerprint density at radius 1 is 1.50 bits per heavy atom. The maximum Gasteiger partial charge on any atom is 0.573 e. The number of alkyl halides is 3. The van der Waals surface area contributed by atoms with Crippen molar-refractivity contribution < 1.29 is 32.7 Å². The molecule has 0 spiro atoms. The van der Waals surface area contributed by atoms with Crippen LogP contribution in [0.1, 0.15) is 12.5 Å². The molecule has 0 fully saturated rings. The number of halogens is 3. The van der Waals surface area contributed by atoms with E-state index < -0.39 is 34.6 Å². The van der Waals surface area contributed by atoms with Crippen molar-refractivity contribution >= 4 is 11.7 Å². The molecule has 0 aliphatic rings. The van der Waals surface area contributed by atoms with Gasteiger partial charge in [-0.1, -0.05) is 19.1 Å². The lowest BCUT2D eigenvalue weighted by Crippen LogP contribution is -2.19. The van der Waals surface area contributed by atoms with Crippen molar-refractivity contribution in [2.45, 2.75) is 19.7 Å². The average Bonchev–Trinajstić information content (AvgIpc) is 2.26. The first-order valence-electron chi connectivity index (χ1n) is 5.36. The van der Waals surface area contributed by atoms with Crippen molar-refractivity contribution in [1.82, 2.24) is 0 Å². The van der Waals surface area contributed by atoms with Crippen LogP contribution in [-0.4, -0.2) is 22.4 Å². The highest BCUT2D eigenvalue weighted by atomic mass is 19.4. The summed E-state index contributed by atoms with van der Waals surface area (Å²) >= 11 is 0. The molecule has 0 bridgehead atoms. The number of rotatable bonds is 5. The van der Waals surface area contributed by atoms with Crippen LogP contribution in [0.15, 0.2) is 18.2 Å². The van der Waals surface area contributed by atoms with Crippen LogP contribution in [0.2, 0.25) is 0 Å². The number of ether oxygens (including phenoxy) is 1. The molecule has 0 heterocycles. The zero-order valence-corrected chi connectivity index (χ0v) is 10.2. The summed E-state index contributed by atoms with van der Waals surface area (Å²) in [4.78, 5) is 20.6. The molecular weight excluding hydrogens is 283 g/mol. The molecule has 0 radical (unpaired) electrons. The van der Waals surface area contributed by atoms with Crippen molar-refractivity contribution in [2.24, 2.45) is 5.92 Å². The van der Waals surface area contributed by atoms with Gasteiger partial charge in [-0.05, 0) is 12.5 Å². The molecule has 0 saturated heterocycles. The van der Waals surface area contributed by atoms with Gasteiger partial charge >= 0.3 is 18.0 Å². The number of aliphatic carboxylic acids is 1. The van der Waals surface area contributed by atoms with Crippen LogP contribution in [0.3, 0.4) is 0 Å². The maximum absolute atomic E-state index is 12.2. The van der Waals surface area contributed by atoms with E-state index in [1.54, 1.807) is 0 Å². The molecule has 6 nitrogen and oxygen atoms in total. The van der Waals surface area contributed by atoms with Gasteiger partial charge in [-0.3, -0.25) is 14.9 Å². The van der Waals surface area contributed by atoms with Gasteiger partial charge in [0.15, 0.2) is 0 Å². The molecule has 0 aliphatic heterocycles. The summed E-state index contributed by atoms with van der Waals surface area (Å²) in [5, 5.41) is 19.6. The number of carbonyl (C=O) groups is 1. The summed E-state index contributed by atoms with van der Waals surface area (Å²) in [6.07, 6.45) is -5.34. The molecule has 1 aromatic carbocycles. The van der Waals surface area contributed by atoms with E-state index in [2.05, 4.69) is 4.74 Å². The molecule has 20 heavy (non-hydrogen) atoms. The van der Waals surface area contributed by atoms with E-state index in [0.717, 1.165) is 12.1 Å².